The van der Waals surface area contributed by atoms with E-state index in [0.29, 0.717) is 12.7 Å². The summed E-state index contributed by atoms with van der Waals surface area (Å²) in [7, 11) is 0. The maximum absolute atomic E-state index is 6.00. The molecule has 0 saturated carbocycles. The SMILES string of the molecule is CCSc1nc(NC[C@@H]2CCCO2)c2c3c(sc2n1)COC(C)(C)C3. The predicted molar refractivity (Wildman–Crippen MR) is 104 cm³/mol. The maximum Gasteiger partial charge on any atom is 0.190 e. The number of anilines is 1. The molecular formula is C18H25N3O2S2. The van der Waals surface area contributed by atoms with Crippen molar-refractivity contribution in [2.75, 3.05) is 24.2 Å². The molecule has 2 aromatic heterocycles. The van der Waals surface area contributed by atoms with Gasteiger partial charge >= 0.3 is 0 Å². The molecule has 0 amide bonds. The molecule has 7 heteroatoms. The molecular weight excluding hydrogens is 354 g/mol. The van der Waals surface area contributed by atoms with Crippen LogP contribution in [0.5, 0.6) is 0 Å². The Kier molecular flexibility index (Phi) is 4.92. The molecule has 136 valence electrons. The average Bonchev–Trinajstić information content (AvgIpc) is 3.19. The first-order valence-corrected chi connectivity index (χ1v) is 10.8. The van der Waals surface area contributed by atoms with E-state index in [9.17, 15) is 0 Å². The molecule has 25 heavy (non-hydrogen) atoms. The van der Waals surface area contributed by atoms with Crippen LogP contribution in [-0.4, -0.2) is 40.6 Å². The predicted octanol–water partition coefficient (Wildman–Crippen LogP) is 4.25. The molecule has 0 unspecified atom stereocenters. The van der Waals surface area contributed by atoms with Gasteiger partial charge in [0.05, 0.1) is 23.7 Å². The topological polar surface area (TPSA) is 56.3 Å². The number of thiophene rings is 1. The highest BCUT2D eigenvalue weighted by atomic mass is 32.2. The van der Waals surface area contributed by atoms with Crippen LogP contribution in [0.15, 0.2) is 5.16 Å². The third kappa shape index (κ3) is 3.65. The van der Waals surface area contributed by atoms with Crippen molar-refractivity contribution in [3.8, 4) is 0 Å². The zero-order valence-electron chi connectivity index (χ0n) is 15.1. The molecule has 0 aromatic carbocycles. The van der Waals surface area contributed by atoms with E-state index < -0.39 is 0 Å². The van der Waals surface area contributed by atoms with E-state index in [0.717, 1.165) is 54.0 Å². The fourth-order valence-corrected chi connectivity index (χ4v) is 5.19. The Hall–Kier alpha value is -0.890. The molecule has 1 N–H and O–H groups in total. The molecule has 0 spiro atoms. The van der Waals surface area contributed by atoms with Crippen LogP contribution in [0.4, 0.5) is 5.82 Å². The number of hydrogen-bond donors (Lipinski definition) is 1. The molecule has 2 aromatic rings. The minimum absolute atomic E-state index is 0.135. The normalized spacial score (nSPS) is 22.3. The molecule has 4 rings (SSSR count). The maximum atomic E-state index is 6.00. The van der Waals surface area contributed by atoms with Gasteiger partial charge in [0.25, 0.3) is 0 Å². The van der Waals surface area contributed by atoms with Crippen molar-refractivity contribution in [1.29, 1.82) is 0 Å². The van der Waals surface area contributed by atoms with Crippen molar-refractivity contribution in [3.63, 3.8) is 0 Å². The number of nitrogens with one attached hydrogen (secondary N) is 1. The number of rotatable bonds is 5. The van der Waals surface area contributed by atoms with Crippen molar-refractivity contribution >= 4 is 39.1 Å². The van der Waals surface area contributed by atoms with E-state index in [1.165, 1.54) is 15.8 Å². The molecule has 0 bridgehead atoms. The van der Waals surface area contributed by atoms with Gasteiger partial charge in [-0.1, -0.05) is 18.7 Å². The highest BCUT2D eigenvalue weighted by molar-refractivity contribution is 7.99. The summed E-state index contributed by atoms with van der Waals surface area (Å²) in [5.41, 5.74) is 1.23. The minimum atomic E-state index is -0.135. The van der Waals surface area contributed by atoms with Crippen molar-refractivity contribution in [1.82, 2.24) is 9.97 Å². The first-order valence-electron chi connectivity index (χ1n) is 9.00. The first kappa shape index (κ1) is 17.5. The Balaban J connectivity index is 1.73. The highest BCUT2D eigenvalue weighted by Crippen LogP contribution is 2.41. The van der Waals surface area contributed by atoms with Crippen LogP contribution in [-0.2, 0) is 22.5 Å². The van der Waals surface area contributed by atoms with Gasteiger partial charge < -0.3 is 14.8 Å². The number of aromatic nitrogens is 2. The number of hydrogen-bond acceptors (Lipinski definition) is 7. The third-order valence-electron chi connectivity index (χ3n) is 4.70. The number of nitrogens with zero attached hydrogens (tertiary/aromatic N) is 2. The minimum Gasteiger partial charge on any atom is -0.376 e. The summed E-state index contributed by atoms with van der Waals surface area (Å²) >= 11 is 3.44. The molecule has 1 saturated heterocycles. The highest BCUT2D eigenvalue weighted by Gasteiger charge is 2.31. The lowest BCUT2D eigenvalue weighted by atomic mass is 9.94. The number of thioether (sulfide) groups is 1. The molecule has 0 aliphatic carbocycles. The molecule has 1 fully saturated rings. The van der Waals surface area contributed by atoms with E-state index in [1.807, 2.05) is 0 Å². The average molecular weight is 380 g/mol. The lowest BCUT2D eigenvalue weighted by Crippen LogP contribution is -2.31. The lowest BCUT2D eigenvalue weighted by Gasteiger charge is -2.30. The molecule has 5 nitrogen and oxygen atoms in total. The molecule has 0 radical (unpaired) electrons. The first-order chi connectivity index (χ1) is 12.1. The van der Waals surface area contributed by atoms with Gasteiger partial charge in [0.1, 0.15) is 10.6 Å². The van der Waals surface area contributed by atoms with Crippen LogP contribution in [0, 0.1) is 0 Å². The fourth-order valence-electron chi connectivity index (χ4n) is 3.46. The Morgan fingerprint density at radius 1 is 1.36 bits per heavy atom. The van der Waals surface area contributed by atoms with E-state index in [2.05, 4.69) is 26.1 Å². The Labute approximate surface area is 156 Å². The van der Waals surface area contributed by atoms with Crippen LogP contribution < -0.4 is 5.32 Å². The van der Waals surface area contributed by atoms with Crippen LogP contribution in [0.2, 0.25) is 0 Å². The second-order valence-electron chi connectivity index (χ2n) is 7.21. The van der Waals surface area contributed by atoms with Crippen LogP contribution in [0.25, 0.3) is 10.2 Å². The molecule has 4 heterocycles. The van der Waals surface area contributed by atoms with Gasteiger partial charge in [-0.05, 0) is 38.0 Å². The van der Waals surface area contributed by atoms with Gasteiger partial charge in [0.2, 0.25) is 0 Å². The summed E-state index contributed by atoms with van der Waals surface area (Å²) in [6.45, 7) is 8.80. The van der Waals surface area contributed by atoms with Crippen molar-refractivity contribution < 1.29 is 9.47 Å². The second kappa shape index (κ2) is 7.02. The number of fused-ring (bicyclic) bond motifs is 3. The van der Waals surface area contributed by atoms with Gasteiger partial charge in [-0.25, -0.2) is 9.97 Å². The van der Waals surface area contributed by atoms with E-state index >= 15 is 0 Å². The van der Waals surface area contributed by atoms with Gasteiger partial charge in [0.15, 0.2) is 5.16 Å². The summed E-state index contributed by atoms with van der Waals surface area (Å²) in [6.07, 6.45) is 3.48. The van der Waals surface area contributed by atoms with Crippen molar-refractivity contribution in [3.05, 3.63) is 10.4 Å². The monoisotopic (exact) mass is 379 g/mol. The van der Waals surface area contributed by atoms with Gasteiger partial charge in [-0.15, -0.1) is 11.3 Å². The lowest BCUT2D eigenvalue weighted by molar-refractivity contribution is -0.0379. The third-order valence-corrected chi connectivity index (χ3v) is 6.53. The fraction of sp³-hybridized carbons (Fsp3) is 0.667. The van der Waals surface area contributed by atoms with Crippen molar-refractivity contribution in [2.24, 2.45) is 0 Å². The van der Waals surface area contributed by atoms with E-state index in [1.54, 1.807) is 23.1 Å². The van der Waals surface area contributed by atoms with Crippen LogP contribution in [0.3, 0.4) is 0 Å². The molecule has 1 atom stereocenters. The Morgan fingerprint density at radius 3 is 3.00 bits per heavy atom. The van der Waals surface area contributed by atoms with Crippen molar-refractivity contribution in [2.45, 2.75) is 63.5 Å². The smallest absolute Gasteiger partial charge is 0.190 e. The summed E-state index contributed by atoms with van der Waals surface area (Å²) < 4.78 is 11.8. The zero-order valence-corrected chi connectivity index (χ0v) is 16.7. The summed E-state index contributed by atoms with van der Waals surface area (Å²) in [6, 6.07) is 0. The summed E-state index contributed by atoms with van der Waals surface area (Å²) in [5.74, 6) is 1.93. The van der Waals surface area contributed by atoms with Crippen LogP contribution >= 0.6 is 23.1 Å². The molecule has 2 aliphatic heterocycles. The van der Waals surface area contributed by atoms with Gasteiger partial charge in [0, 0.05) is 24.4 Å². The number of ether oxygens (including phenoxy) is 2. The van der Waals surface area contributed by atoms with E-state index in [4.69, 9.17) is 19.4 Å². The Morgan fingerprint density at radius 2 is 2.24 bits per heavy atom. The van der Waals surface area contributed by atoms with Crippen LogP contribution in [0.1, 0.15) is 44.1 Å². The van der Waals surface area contributed by atoms with Gasteiger partial charge in [-0.3, -0.25) is 0 Å². The Bertz CT molecular complexity index is 769. The summed E-state index contributed by atoms with van der Waals surface area (Å²) in [5, 5.41) is 5.61. The zero-order chi connectivity index (χ0) is 17.4. The quantitative estimate of drug-likeness (QED) is 0.619. The molecule has 2 aliphatic rings. The summed E-state index contributed by atoms with van der Waals surface area (Å²) in [4.78, 5) is 12.0. The largest absolute Gasteiger partial charge is 0.376 e. The van der Waals surface area contributed by atoms with E-state index in [-0.39, 0.29) is 5.60 Å². The second-order valence-corrected chi connectivity index (χ2v) is 9.53. The standard InChI is InChI=1S/C18H25N3O2S2/c1-4-24-17-20-15(19-9-11-6-5-7-22-11)14-12-8-18(2,3)23-10-13(12)25-16(14)21-17/h11H,4-10H2,1-3H3,(H,19,20,21)/t11-/m0/s1. The van der Waals surface area contributed by atoms with Gasteiger partial charge in [-0.2, -0.15) is 0 Å².